The summed E-state index contributed by atoms with van der Waals surface area (Å²) in [7, 11) is -3.95. The van der Waals surface area contributed by atoms with E-state index in [-0.39, 0.29) is 22.9 Å². The summed E-state index contributed by atoms with van der Waals surface area (Å²) in [6.45, 7) is 3.55. The van der Waals surface area contributed by atoms with Crippen molar-refractivity contribution in [1.29, 1.82) is 0 Å². The molecule has 0 unspecified atom stereocenters. The molecule has 0 radical (unpaired) electrons. The number of nitrogens with one attached hydrogen (secondary N) is 2. The number of hydrogen-bond donors (Lipinski definition) is 3. The van der Waals surface area contributed by atoms with E-state index in [9.17, 15) is 18.3 Å². The van der Waals surface area contributed by atoms with Crippen LogP contribution < -0.4 is 10.1 Å². The van der Waals surface area contributed by atoms with Crippen molar-refractivity contribution in [2.45, 2.75) is 43.1 Å². The highest BCUT2D eigenvalue weighted by atomic mass is 32.2. The van der Waals surface area contributed by atoms with Crippen molar-refractivity contribution in [3.05, 3.63) is 96.1 Å². The van der Waals surface area contributed by atoms with E-state index >= 15 is 0 Å². The summed E-state index contributed by atoms with van der Waals surface area (Å²) >= 11 is 0. The zero-order chi connectivity index (χ0) is 25.1. The summed E-state index contributed by atoms with van der Waals surface area (Å²) in [4.78, 5) is 15.9. The van der Waals surface area contributed by atoms with Crippen LogP contribution in [0.3, 0.4) is 0 Å². The van der Waals surface area contributed by atoms with Crippen molar-refractivity contribution in [2.24, 2.45) is 11.0 Å². The SMILES string of the molecule is Cc1ccc(S(=O)(=O)N/N=C2/C[C@](C)(O)C[C@H](c3ccccc3)[C@H]2C(=O)Nc2ccccc2)cc1. The van der Waals surface area contributed by atoms with Crippen LogP contribution in [0.5, 0.6) is 0 Å². The van der Waals surface area contributed by atoms with Crippen LogP contribution in [0, 0.1) is 12.8 Å². The lowest BCUT2D eigenvalue weighted by Crippen LogP contribution is -2.47. The Kier molecular flexibility index (Phi) is 7.05. The number of aliphatic hydroxyl groups is 1. The third kappa shape index (κ3) is 5.96. The van der Waals surface area contributed by atoms with Gasteiger partial charge >= 0.3 is 0 Å². The van der Waals surface area contributed by atoms with Crippen LogP contribution in [-0.4, -0.2) is 30.7 Å². The van der Waals surface area contributed by atoms with E-state index in [1.54, 1.807) is 31.2 Å². The fourth-order valence-electron chi connectivity index (χ4n) is 4.48. The molecule has 1 amide bonds. The molecule has 3 aromatic carbocycles. The Morgan fingerprint density at radius 2 is 1.57 bits per heavy atom. The number of anilines is 1. The average Bonchev–Trinajstić information content (AvgIpc) is 2.83. The van der Waals surface area contributed by atoms with Crippen molar-refractivity contribution in [1.82, 2.24) is 4.83 Å². The smallest absolute Gasteiger partial charge is 0.276 e. The second-order valence-electron chi connectivity index (χ2n) is 9.24. The molecule has 1 fully saturated rings. The highest BCUT2D eigenvalue weighted by Gasteiger charge is 2.45. The van der Waals surface area contributed by atoms with Crippen molar-refractivity contribution < 1.29 is 18.3 Å². The van der Waals surface area contributed by atoms with Gasteiger partial charge in [0.15, 0.2) is 0 Å². The predicted octanol–water partition coefficient (Wildman–Crippen LogP) is 4.21. The van der Waals surface area contributed by atoms with Crippen LogP contribution in [0.1, 0.15) is 36.8 Å². The van der Waals surface area contributed by atoms with E-state index in [0.29, 0.717) is 12.1 Å². The molecule has 0 aliphatic heterocycles. The van der Waals surface area contributed by atoms with Gasteiger partial charge in [-0.1, -0.05) is 66.2 Å². The minimum atomic E-state index is -3.95. The van der Waals surface area contributed by atoms with Crippen molar-refractivity contribution in [2.75, 3.05) is 5.32 Å². The molecule has 1 aliphatic rings. The van der Waals surface area contributed by atoms with Gasteiger partial charge in [0.1, 0.15) is 0 Å². The zero-order valence-electron chi connectivity index (χ0n) is 19.7. The first-order valence-corrected chi connectivity index (χ1v) is 12.9. The molecular weight excluding hydrogens is 462 g/mol. The molecule has 4 rings (SSSR count). The predicted molar refractivity (Wildman–Crippen MR) is 137 cm³/mol. The lowest BCUT2D eigenvalue weighted by molar-refractivity contribution is -0.119. The molecule has 0 spiro atoms. The minimum absolute atomic E-state index is 0.0552. The molecule has 1 saturated carbocycles. The first kappa shape index (κ1) is 24.6. The monoisotopic (exact) mass is 491 g/mol. The van der Waals surface area contributed by atoms with Crippen molar-refractivity contribution >= 4 is 27.3 Å². The Balaban J connectivity index is 1.72. The van der Waals surface area contributed by atoms with E-state index in [1.807, 2.05) is 55.5 Å². The molecule has 3 aromatic rings. The van der Waals surface area contributed by atoms with Crippen molar-refractivity contribution in [3.63, 3.8) is 0 Å². The maximum absolute atomic E-state index is 13.6. The maximum atomic E-state index is 13.6. The summed E-state index contributed by atoms with van der Waals surface area (Å²) in [6, 6.07) is 24.9. The molecular formula is C27H29N3O4S. The van der Waals surface area contributed by atoms with Gasteiger partial charge in [-0.05, 0) is 50.1 Å². The largest absolute Gasteiger partial charge is 0.390 e. The van der Waals surface area contributed by atoms with Gasteiger partial charge in [-0.25, -0.2) is 4.83 Å². The van der Waals surface area contributed by atoms with Crippen LogP contribution in [0.4, 0.5) is 5.69 Å². The molecule has 35 heavy (non-hydrogen) atoms. The highest BCUT2D eigenvalue weighted by Crippen LogP contribution is 2.41. The van der Waals surface area contributed by atoms with Gasteiger partial charge in [0.05, 0.1) is 22.1 Å². The Morgan fingerprint density at radius 1 is 0.971 bits per heavy atom. The first-order chi connectivity index (χ1) is 16.6. The second kappa shape index (κ2) is 10.0. The highest BCUT2D eigenvalue weighted by molar-refractivity contribution is 7.89. The fourth-order valence-corrected chi connectivity index (χ4v) is 5.32. The number of hydrazone groups is 1. The van der Waals surface area contributed by atoms with E-state index in [1.165, 1.54) is 12.1 Å². The lowest BCUT2D eigenvalue weighted by Gasteiger charge is -2.40. The van der Waals surface area contributed by atoms with Gasteiger partial charge in [-0.15, -0.1) is 0 Å². The average molecular weight is 492 g/mol. The first-order valence-electron chi connectivity index (χ1n) is 11.4. The lowest BCUT2D eigenvalue weighted by atomic mass is 9.68. The number of hydrogen-bond acceptors (Lipinski definition) is 5. The normalized spacial score (nSPS) is 23.6. The Morgan fingerprint density at radius 3 is 2.20 bits per heavy atom. The van der Waals surface area contributed by atoms with Crippen LogP contribution in [0.15, 0.2) is 94.9 Å². The third-order valence-corrected chi connectivity index (χ3v) is 7.40. The quantitative estimate of drug-likeness (QED) is 0.449. The van der Waals surface area contributed by atoms with Gasteiger partial charge in [-0.2, -0.15) is 13.5 Å². The number of nitrogens with zero attached hydrogens (tertiary/aromatic N) is 1. The molecule has 0 heterocycles. The molecule has 3 N–H and O–H groups in total. The van der Waals surface area contributed by atoms with Crippen LogP contribution >= 0.6 is 0 Å². The van der Waals surface area contributed by atoms with Gasteiger partial charge in [0.25, 0.3) is 10.0 Å². The number of sulfonamides is 1. The number of rotatable bonds is 6. The molecule has 3 atom stereocenters. The fraction of sp³-hybridized carbons (Fsp3) is 0.259. The second-order valence-corrected chi connectivity index (χ2v) is 10.9. The zero-order valence-corrected chi connectivity index (χ0v) is 20.5. The molecule has 7 nitrogen and oxygen atoms in total. The summed E-state index contributed by atoms with van der Waals surface area (Å²) in [5.41, 5.74) is 1.54. The van der Waals surface area contributed by atoms with Gasteiger partial charge in [0.2, 0.25) is 5.91 Å². The van der Waals surface area contributed by atoms with Crippen molar-refractivity contribution in [3.8, 4) is 0 Å². The topological polar surface area (TPSA) is 108 Å². The van der Waals surface area contributed by atoms with Crippen LogP contribution in [0.2, 0.25) is 0 Å². The summed E-state index contributed by atoms with van der Waals surface area (Å²) in [5, 5.41) is 18.2. The minimum Gasteiger partial charge on any atom is -0.390 e. The molecule has 1 aliphatic carbocycles. The van der Waals surface area contributed by atoms with E-state index in [0.717, 1.165) is 11.1 Å². The standard InChI is InChI=1S/C27H29N3O4S/c1-19-13-15-22(16-14-19)35(33,34)30-29-24-18-27(2,32)17-23(20-9-5-3-6-10-20)25(24)26(31)28-21-11-7-4-8-12-21/h3-16,23,25,30,32H,17-18H2,1-2H3,(H,28,31)/b29-24-/t23-,25-,27-/m1/s1. The number of benzene rings is 3. The molecule has 8 heteroatoms. The number of amides is 1. The number of carbonyl (C=O) groups is 1. The summed E-state index contributed by atoms with van der Waals surface area (Å²) in [5.74, 6) is -1.49. The van der Waals surface area contributed by atoms with Gasteiger partial charge in [-0.3, -0.25) is 4.79 Å². The molecule has 0 bridgehead atoms. The Labute approximate surface area is 206 Å². The number of carbonyl (C=O) groups excluding carboxylic acids is 1. The van der Waals surface area contributed by atoms with Crippen LogP contribution in [-0.2, 0) is 14.8 Å². The molecule has 0 aromatic heterocycles. The Bertz CT molecular complexity index is 1310. The number of para-hydroxylation sites is 1. The van der Waals surface area contributed by atoms with Crippen LogP contribution in [0.25, 0.3) is 0 Å². The molecule has 0 saturated heterocycles. The molecule has 182 valence electrons. The van der Waals surface area contributed by atoms with E-state index < -0.39 is 27.5 Å². The van der Waals surface area contributed by atoms with Gasteiger partial charge in [0, 0.05) is 18.0 Å². The summed E-state index contributed by atoms with van der Waals surface area (Å²) < 4.78 is 25.8. The maximum Gasteiger partial charge on any atom is 0.276 e. The number of aryl methyl sites for hydroxylation is 1. The van der Waals surface area contributed by atoms with E-state index in [2.05, 4.69) is 15.2 Å². The summed E-state index contributed by atoms with van der Waals surface area (Å²) in [6.07, 6.45) is 0.382. The van der Waals surface area contributed by atoms with Gasteiger partial charge < -0.3 is 10.4 Å². The Hall–Kier alpha value is -3.49. The third-order valence-electron chi connectivity index (χ3n) is 6.18. The van der Waals surface area contributed by atoms with E-state index in [4.69, 9.17) is 0 Å².